The number of ether oxygens (including phenoxy) is 2. The van der Waals surface area contributed by atoms with Gasteiger partial charge in [0.25, 0.3) is 5.91 Å². The average Bonchev–Trinajstić information content (AvgIpc) is 3.11. The standard InChI is InChI=1S/C22H23N3O5/c1-3-23-21(27)14-30-16-10-8-15(9-11-16)24-20(26)13-25-12-18(22(28)29-2)17-6-4-5-7-19(17)25/h4-12H,3,13-14H2,1-2H3,(H,23,27)(H,24,26). The zero-order valence-electron chi connectivity index (χ0n) is 16.8. The summed E-state index contributed by atoms with van der Waals surface area (Å²) in [5.74, 6) is -0.366. The second-order valence-corrected chi connectivity index (χ2v) is 6.49. The largest absolute Gasteiger partial charge is 0.484 e. The number of fused-ring (bicyclic) bond motifs is 1. The first kappa shape index (κ1) is 20.9. The van der Waals surface area contributed by atoms with Gasteiger partial charge < -0.3 is 24.7 Å². The summed E-state index contributed by atoms with van der Waals surface area (Å²) >= 11 is 0. The van der Waals surface area contributed by atoms with Gasteiger partial charge in [0.05, 0.1) is 12.7 Å². The second kappa shape index (κ2) is 9.60. The number of nitrogens with zero attached hydrogens (tertiary/aromatic N) is 1. The van der Waals surface area contributed by atoms with E-state index in [9.17, 15) is 14.4 Å². The van der Waals surface area contributed by atoms with Gasteiger partial charge in [-0.3, -0.25) is 9.59 Å². The summed E-state index contributed by atoms with van der Waals surface area (Å²) in [7, 11) is 1.32. The smallest absolute Gasteiger partial charge is 0.340 e. The van der Waals surface area contributed by atoms with Crippen LogP contribution in [0.3, 0.4) is 0 Å². The highest BCUT2D eigenvalue weighted by Crippen LogP contribution is 2.22. The van der Waals surface area contributed by atoms with Gasteiger partial charge in [0.1, 0.15) is 12.3 Å². The predicted octanol–water partition coefficient (Wildman–Crippen LogP) is 2.58. The molecule has 156 valence electrons. The van der Waals surface area contributed by atoms with Crippen molar-refractivity contribution in [3.8, 4) is 5.75 Å². The van der Waals surface area contributed by atoms with E-state index in [-0.39, 0.29) is 25.0 Å². The van der Waals surface area contributed by atoms with Gasteiger partial charge >= 0.3 is 5.97 Å². The Hall–Kier alpha value is -3.81. The van der Waals surface area contributed by atoms with E-state index in [1.807, 2.05) is 31.2 Å². The molecule has 0 radical (unpaired) electrons. The number of hydrogen-bond acceptors (Lipinski definition) is 5. The minimum atomic E-state index is -0.450. The van der Waals surface area contributed by atoms with E-state index in [2.05, 4.69) is 10.6 Å². The van der Waals surface area contributed by atoms with Crippen LogP contribution in [0.25, 0.3) is 10.9 Å². The molecule has 0 aliphatic carbocycles. The van der Waals surface area contributed by atoms with E-state index >= 15 is 0 Å². The van der Waals surface area contributed by atoms with Crippen LogP contribution in [-0.4, -0.2) is 42.6 Å². The molecule has 0 unspecified atom stereocenters. The molecule has 0 aliphatic rings. The predicted molar refractivity (Wildman–Crippen MR) is 113 cm³/mol. The van der Waals surface area contributed by atoms with Crippen LogP contribution in [0.1, 0.15) is 17.3 Å². The van der Waals surface area contributed by atoms with Crippen LogP contribution in [-0.2, 0) is 20.9 Å². The van der Waals surface area contributed by atoms with Crippen molar-refractivity contribution < 1.29 is 23.9 Å². The van der Waals surface area contributed by atoms with E-state index in [1.54, 1.807) is 35.0 Å². The van der Waals surface area contributed by atoms with Crippen molar-refractivity contribution in [2.75, 3.05) is 25.6 Å². The highest BCUT2D eigenvalue weighted by atomic mass is 16.5. The maximum Gasteiger partial charge on any atom is 0.340 e. The van der Waals surface area contributed by atoms with E-state index in [1.165, 1.54) is 7.11 Å². The summed E-state index contributed by atoms with van der Waals surface area (Å²) in [4.78, 5) is 36.0. The van der Waals surface area contributed by atoms with Crippen molar-refractivity contribution in [1.82, 2.24) is 9.88 Å². The number of aromatic nitrogens is 1. The molecular weight excluding hydrogens is 386 g/mol. The quantitative estimate of drug-likeness (QED) is 0.557. The number of para-hydroxylation sites is 1. The van der Waals surface area contributed by atoms with E-state index < -0.39 is 5.97 Å². The Morgan fingerprint density at radius 2 is 1.73 bits per heavy atom. The van der Waals surface area contributed by atoms with Crippen LogP contribution in [0.15, 0.2) is 54.7 Å². The molecule has 0 spiro atoms. The van der Waals surface area contributed by atoms with Crippen molar-refractivity contribution in [3.63, 3.8) is 0 Å². The number of carbonyl (C=O) groups excluding carboxylic acids is 3. The monoisotopic (exact) mass is 409 g/mol. The molecular formula is C22H23N3O5. The molecule has 0 fully saturated rings. The molecule has 1 heterocycles. The number of likely N-dealkylation sites (N-methyl/N-ethyl adjacent to an activating group) is 1. The summed E-state index contributed by atoms with van der Waals surface area (Å²) in [5.41, 5.74) is 1.77. The average molecular weight is 409 g/mol. The Balaban J connectivity index is 1.65. The number of esters is 1. The van der Waals surface area contributed by atoms with Crippen molar-refractivity contribution in [2.45, 2.75) is 13.5 Å². The van der Waals surface area contributed by atoms with Gasteiger partial charge in [0.15, 0.2) is 6.61 Å². The molecule has 0 aliphatic heterocycles. The Kier molecular flexibility index (Phi) is 6.69. The minimum Gasteiger partial charge on any atom is -0.484 e. The third kappa shape index (κ3) is 4.96. The lowest BCUT2D eigenvalue weighted by Crippen LogP contribution is -2.28. The van der Waals surface area contributed by atoms with E-state index in [0.717, 1.165) is 10.9 Å². The molecule has 8 nitrogen and oxygen atoms in total. The Morgan fingerprint density at radius 3 is 2.43 bits per heavy atom. The number of benzene rings is 2. The SMILES string of the molecule is CCNC(=O)COc1ccc(NC(=O)Cn2cc(C(=O)OC)c3ccccc32)cc1. The summed E-state index contributed by atoms with van der Waals surface area (Å²) in [6, 6.07) is 14.1. The van der Waals surface area contributed by atoms with Gasteiger partial charge in [-0.25, -0.2) is 4.79 Å². The first-order chi connectivity index (χ1) is 14.5. The van der Waals surface area contributed by atoms with Gasteiger partial charge in [0, 0.05) is 29.3 Å². The molecule has 2 aromatic carbocycles. The number of nitrogens with one attached hydrogen (secondary N) is 2. The highest BCUT2D eigenvalue weighted by molar-refractivity contribution is 6.05. The molecule has 3 rings (SSSR count). The first-order valence-corrected chi connectivity index (χ1v) is 9.47. The van der Waals surface area contributed by atoms with Gasteiger partial charge in [-0.1, -0.05) is 18.2 Å². The number of anilines is 1. The maximum atomic E-state index is 12.5. The molecule has 0 saturated heterocycles. The lowest BCUT2D eigenvalue weighted by Gasteiger charge is -2.09. The Labute approximate surface area is 173 Å². The zero-order chi connectivity index (χ0) is 21.5. The first-order valence-electron chi connectivity index (χ1n) is 9.47. The number of rotatable bonds is 8. The molecule has 30 heavy (non-hydrogen) atoms. The van der Waals surface area contributed by atoms with Crippen LogP contribution in [0.5, 0.6) is 5.75 Å². The fourth-order valence-electron chi connectivity index (χ4n) is 3.04. The van der Waals surface area contributed by atoms with E-state index in [4.69, 9.17) is 9.47 Å². The van der Waals surface area contributed by atoms with Crippen molar-refractivity contribution in [1.29, 1.82) is 0 Å². The summed E-state index contributed by atoms with van der Waals surface area (Å²) in [6.45, 7) is 2.35. The zero-order valence-corrected chi connectivity index (χ0v) is 16.8. The fraction of sp³-hybridized carbons (Fsp3) is 0.227. The third-order valence-electron chi connectivity index (χ3n) is 4.39. The van der Waals surface area contributed by atoms with Gasteiger partial charge in [0.2, 0.25) is 5.91 Å². The van der Waals surface area contributed by atoms with Crippen LogP contribution in [0.4, 0.5) is 5.69 Å². The molecule has 8 heteroatoms. The Bertz CT molecular complexity index is 1060. The fourth-order valence-corrected chi connectivity index (χ4v) is 3.04. The number of carbonyl (C=O) groups is 3. The molecule has 2 amide bonds. The normalized spacial score (nSPS) is 10.5. The van der Waals surface area contributed by atoms with Crippen LogP contribution < -0.4 is 15.4 Å². The number of amides is 2. The summed E-state index contributed by atoms with van der Waals surface area (Å²) in [5, 5.41) is 6.19. The molecule has 0 bridgehead atoms. The second-order valence-electron chi connectivity index (χ2n) is 6.49. The van der Waals surface area contributed by atoms with Gasteiger partial charge in [-0.15, -0.1) is 0 Å². The topological polar surface area (TPSA) is 98.7 Å². The lowest BCUT2D eigenvalue weighted by atomic mass is 10.2. The lowest BCUT2D eigenvalue weighted by molar-refractivity contribution is -0.123. The molecule has 3 aromatic rings. The van der Waals surface area contributed by atoms with Crippen molar-refractivity contribution in [3.05, 3.63) is 60.3 Å². The molecule has 1 aromatic heterocycles. The number of hydrogen-bond donors (Lipinski definition) is 2. The maximum absolute atomic E-state index is 12.5. The van der Waals surface area contributed by atoms with Crippen molar-refractivity contribution >= 4 is 34.4 Å². The van der Waals surface area contributed by atoms with Crippen LogP contribution in [0.2, 0.25) is 0 Å². The third-order valence-corrected chi connectivity index (χ3v) is 4.39. The number of methoxy groups -OCH3 is 1. The van der Waals surface area contributed by atoms with Crippen LogP contribution >= 0.6 is 0 Å². The van der Waals surface area contributed by atoms with Crippen molar-refractivity contribution in [2.24, 2.45) is 0 Å². The molecule has 2 N–H and O–H groups in total. The van der Waals surface area contributed by atoms with Gasteiger partial charge in [-0.2, -0.15) is 0 Å². The molecule has 0 saturated carbocycles. The minimum absolute atomic E-state index is 0.0347. The van der Waals surface area contributed by atoms with Gasteiger partial charge in [-0.05, 0) is 37.3 Å². The molecule has 0 atom stereocenters. The Morgan fingerprint density at radius 1 is 1.00 bits per heavy atom. The summed E-state index contributed by atoms with van der Waals surface area (Å²) < 4.78 is 11.9. The highest BCUT2D eigenvalue weighted by Gasteiger charge is 2.16. The van der Waals surface area contributed by atoms with Crippen LogP contribution in [0, 0.1) is 0 Å². The summed E-state index contributed by atoms with van der Waals surface area (Å²) in [6.07, 6.45) is 1.62. The van der Waals surface area contributed by atoms with E-state index in [0.29, 0.717) is 23.5 Å².